The number of carbonyl (C=O) groups is 1. The molecule has 0 unspecified atom stereocenters. The zero-order chi connectivity index (χ0) is 19.7. The predicted molar refractivity (Wildman–Crippen MR) is 106 cm³/mol. The van der Waals surface area contributed by atoms with Gasteiger partial charge in [0.05, 0.1) is 30.1 Å². The minimum absolute atomic E-state index is 0.0246. The molecule has 142 valence electrons. The number of amides is 1. The van der Waals surface area contributed by atoms with Gasteiger partial charge in [-0.1, -0.05) is 30.3 Å². The van der Waals surface area contributed by atoms with Crippen LogP contribution in [0.1, 0.15) is 28.1 Å². The molecule has 2 aromatic carbocycles. The highest BCUT2D eigenvalue weighted by molar-refractivity contribution is 5.92. The average Bonchev–Trinajstić information content (AvgIpc) is 2.70. The van der Waals surface area contributed by atoms with Crippen LogP contribution < -0.4 is 5.32 Å². The third-order valence-corrected chi connectivity index (χ3v) is 4.94. The van der Waals surface area contributed by atoms with Crippen LogP contribution in [0.2, 0.25) is 0 Å². The van der Waals surface area contributed by atoms with Gasteiger partial charge in [-0.15, -0.1) is 0 Å². The molecule has 0 radical (unpaired) electrons. The number of aromatic nitrogens is 2. The molecular formula is C22H21N3O3. The quantitative estimate of drug-likeness (QED) is 0.652. The van der Waals surface area contributed by atoms with E-state index in [1.54, 1.807) is 24.3 Å². The van der Waals surface area contributed by atoms with Crippen LogP contribution in [0.25, 0.3) is 11.3 Å². The van der Waals surface area contributed by atoms with Gasteiger partial charge in [0.25, 0.3) is 0 Å². The van der Waals surface area contributed by atoms with Crippen molar-refractivity contribution >= 4 is 11.7 Å². The molecule has 1 aromatic heterocycles. The summed E-state index contributed by atoms with van der Waals surface area (Å²) < 4.78 is 0. The van der Waals surface area contributed by atoms with E-state index in [0.29, 0.717) is 11.5 Å². The minimum atomic E-state index is -0.174. The number of aromatic hydroxyl groups is 1. The Morgan fingerprint density at radius 1 is 1.07 bits per heavy atom. The molecule has 1 heterocycles. The topological polar surface area (TPSA) is 95.3 Å². The van der Waals surface area contributed by atoms with Gasteiger partial charge in [0.2, 0.25) is 5.91 Å². The predicted octanol–water partition coefficient (Wildman–Crippen LogP) is 2.93. The number of nitrogens with zero attached hydrogens (tertiary/aromatic N) is 2. The van der Waals surface area contributed by atoms with Gasteiger partial charge in [-0.2, -0.15) is 0 Å². The van der Waals surface area contributed by atoms with Crippen LogP contribution in [-0.2, 0) is 30.7 Å². The Balaban J connectivity index is 1.57. The Labute approximate surface area is 162 Å². The highest BCUT2D eigenvalue weighted by Gasteiger charge is 2.21. The molecule has 1 amide bonds. The summed E-state index contributed by atoms with van der Waals surface area (Å²) in [6.07, 6.45) is 1.77. The third-order valence-electron chi connectivity index (χ3n) is 4.94. The Bertz CT molecular complexity index is 1050. The van der Waals surface area contributed by atoms with Gasteiger partial charge in [-0.25, -0.2) is 9.97 Å². The van der Waals surface area contributed by atoms with Gasteiger partial charge in [0.1, 0.15) is 5.75 Å². The van der Waals surface area contributed by atoms with Gasteiger partial charge >= 0.3 is 0 Å². The smallest absolute Gasteiger partial charge is 0.229 e. The zero-order valence-corrected chi connectivity index (χ0v) is 15.6. The van der Waals surface area contributed by atoms with Gasteiger partial charge in [0, 0.05) is 5.56 Å². The Hall–Kier alpha value is -3.25. The van der Waals surface area contributed by atoms with E-state index in [1.807, 2.05) is 25.1 Å². The first-order valence-electron chi connectivity index (χ1n) is 9.22. The Kier molecular flexibility index (Phi) is 4.79. The first kappa shape index (κ1) is 18.1. The van der Waals surface area contributed by atoms with Crippen molar-refractivity contribution in [3.8, 4) is 17.0 Å². The molecule has 0 atom stereocenters. The molecule has 6 nitrogen and oxygen atoms in total. The number of aryl methyl sites for hydroxylation is 3. The summed E-state index contributed by atoms with van der Waals surface area (Å²) in [5.74, 6) is 0.483. The number of rotatable bonds is 4. The van der Waals surface area contributed by atoms with Crippen molar-refractivity contribution in [3.05, 3.63) is 70.5 Å². The zero-order valence-electron chi connectivity index (χ0n) is 15.6. The van der Waals surface area contributed by atoms with Crippen LogP contribution in [0, 0.1) is 6.92 Å². The number of aliphatic hydroxyl groups excluding tert-OH is 1. The van der Waals surface area contributed by atoms with Gasteiger partial charge in [-0.05, 0) is 48.6 Å². The largest absolute Gasteiger partial charge is 0.508 e. The standard InChI is InChI=1S/C22H21N3O3/c1-13-22(25-20(28)11-14-2-6-17(27)7-3-14)24-19-9-5-16-10-15(12-26)4-8-18(16)21(19)23-13/h2-4,6-8,10,26-27H,5,9,11-12H2,1H3,(H,24,25,28). The van der Waals surface area contributed by atoms with Crippen LogP contribution in [0.4, 0.5) is 5.82 Å². The van der Waals surface area contributed by atoms with Gasteiger partial charge in [-0.3, -0.25) is 4.79 Å². The Morgan fingerprint density at radius 3 is 2.57 bits per heavy atom. The summed E-state index contributed by atoms with van der Waals surface area (Å²) in [6.45, 7) is 1.86. The first-order valence-corrected chi connectivity index (χ1v) is 9.22. The highest BCUT2D eigenvalue weighted by Crippen LogP contribution is 2.33. The molecular weight excluding hydrogens is 354 g/mol. The molecule has 4 rings (SSSR count). The van der Waals surface area contributed by atoms with Crippen molar-refractivity contribution in [2.45, 2.75) is 32.8 Å². The molecule has 6 heteroatoms. The maximum absolute atomic E-state index is 12.4. The highest BCUT2D eigenvalue weighted by atomic mass is 16.3. The fourth-order valence-corrected chi connectivity index (χ4v) is 3.47. The molecule has 28 heavy (non-hydrogen) atoms. The molecule has 0 bridgehead atoms. The van der Waals surface area contributed by atoms with Crippen molar-refractivity contribution in [1.29, 1.82) is 0 Å². The molecule has 0 saturated carbocycles. The third kappa shape index (κ3) is 3.59. The molecule has 0 spiro atoms. The fraction of sp³-hybridized carbons (Fsp3) is 0.227. The number of fused-ring (bicyclic) bond motifs is 3. The van der Waals surface area contributed by atoms with Crippen molar-refractivity contribution in [1.82, 2.24) is 9.97 Å². The SMILES string of the molecule is Cc1nc2c(nc1NC(=O)Cc1ccc(O)cc1)CCc1cc(CO)ccc1-2. The number of carbonyl (C=O) groups excluding carboxylic acids is 1. The molecule has 0 fully saturated rings. The molecule has 1 aliphatic carbocycles. The van der Waals surface area contributed by atoms with Crippen LogP contribution in [0.5, 0.6) is 5.75 Å². The number of phenolic OH excluding ortho intramolecular Hbond substituents is 1. The van der Waals surface area contributed by atoms with E-state index in [-0.39, 0.29) is 24.7 Å². The van der Waals surface area contributed by atoms with Crippen molar-refractivity contribution < 1.29 is 15.0 Å². The maximum atomic E-state index is 12.4. The van der Waals surface area contributed by atoms with E-state index in [0.717, 1.165) is 46.5 Å². The van der Waals surface area contributed by atoms with E-state index in [9.17, 15) is 15.0 Å². The summed E-state index contributed by atoms with van der Waals surface area (Å²) >= 11 is 0. The van der Waals surface area contributed by atoms with Crippen molar-refractivity contribution in [2.75, 3.05) is 5.32 Å². The van der Waals surface area contributed by atoms with Crippen molar-refractivity contribution in [3.63, 3.8) is 0 Å². The van der Waals surface area contributed by atoms with Crippen LogP contribution in [-0.4, -0.2) is 26.1 Å². The summed E-state index contributed by atoms with van der Waals surface area (Å²) in [6, 6.07) is 12.5. The normalized spacial score (nSPS) is 12.2. The van der Waals surface area contributed by atoms with Gasteiger partial charge in [0.15, 0.2) is 5.82 Å². The first-order chi connectivity index (χ1) is 13.5. The van der Waals surface area contributed by atoms with Crippen LogP contribution in [0.15, 0.2) is 42.5 Å². The maximum Gasteiger partial charge on any atom is 0.229 e. The minimum Gasteiger partial charge on any atom is -0.508 e. The average molecular weight is 375 g/mol. The van der Waals surface area contributed by atoms with Gasteiger partial charge < -0.3 is 15.5 Å². The lowest BCUT2D eigenvalue weighted by molar-refractivity contribution is -0.115. The number of aliphatic hydroxyl groups is 1. The van der Waals surface area contributed by atoms with E-state index in [2.05, 4.69) is 10.3 Å². The number of benzene rings is 2. The second-order valence-corrected chi connectivity index (χ2v) is 6.99. The molecule has 3 N–H and O–H groups in total. The van der Waals surface area contributed by atoms with E-state index in [1.165, 1.54) is 0 Å². The number of nitrogens with one attached hydrogen (secondary N) is 1. The Morgan fingerprint density at radius 2 is 1.82 bits per heavy atom. The second kappa shape index (κ2) is 7.40. The number of anilines is 1. The molecule has 0 aliphatic heterocycles. The van der Waals surface area contributed by atoms with E-state index < -0.39 is 0 Å². The van der Waals surface area contributed by atoms with E-state index in [4.69, 9.17) is 4.98 Å². The summed E-state index contributed by atoms with van der Waals surface area (Å²) in [7, 11) is 0. The molecule has 1 aliphatic rings. The van der Waals surface area contributed by atoms with E-state index >= 15 is 0 Å². The number of phenols is 1. The van der Waals surface area contributed by atoms with Crippen LogP contribution >= 0.6 is 0 Å². The molecule has 0 saturated heterocycles. The monoisotopic (exact) mass is 375 g/mol. The lowest BCUT2D eigenvalue weighted by Gasteiger charge is -2.20. The van der Waals surface area contributed by atoms with Crippen LogP contribution in [0.3, 0.4) is 0 Å². The fourth-order valence-electron chi connectivity index (χ4n) is 3.47. The lowest BCUT2D eigenvalue weighted by atomic mass is 9.90. The number of hydrogen-bond donors (Lipinski definition) is 3. The number of hydrogen-bond acceptors (Lipinski definition) is 5. The second-order valence-electron chi connectivity index (χ2n) is 6.99. The van der Waals surface area contributed by atoms with Crippen molar-refractivity contribution in [2.24, 2.45) is 0 Å². The lowest BCUT2D eigenvalue weighted by Crippen LogP contribution is -2.19. The summed E-state index contributed by atoms with van der Waals surface area (Å²) in [5, 5.41) is 21.5. The summed E-state index contributed by atoms with van der Waals surface area (Å²) in [5.41, 5.74) is 6.29. The summed E-state index contributed by atoms with van der Waals surface area (Å²) in [4.78, 5) is 21.8. The molecule has 3 aromatic rings.